The zero-order valence-electron chi connectivity index (χ0n) is 12.5. The molecule has 1 aliphatic heterocycles. The molecule has 5 heteroatoms. The molecule has 2 heterocycles. The summed E-state index contributed by atoms with van der Waals surface area (Å²) >= 11 is 1.60. The topological polar surface area (TPSA) is 51.2 Å². The number of amides is 1. The van der Waals surface area contributed by atoms with Crippen molar-refractivity contribution in [1.82, 2.24) is 4.98 Å². The van der Waals surface area contributed by atoms with E-state index >= 15 is 0 Å². The lowest BCUT2D eigenvalue weighted by Crippen LogP contribution is -2.03. The van der Waals surface area contributed by atoms with Gasteiger partial charge in [-0.1, -0.05) is 18.2 Å². The number of benzene rings is 2. The highest BCUT2D eigenvalue weighted by Gasteiger charge is 2.18. The molecule has 0 saturated heterocycles. The summed E-state index contributed by atoms with van der Waals surface area (Å²) in [6.45, 7) is 0. The van der Waals surface area contributed by atoms with Crippen molar-refractivity contribution in [3.8, 4) is 27.6 Å². The van der Waals surface area contributed by atoms with Crippen molar-refractivity contribution in [1.29, 1.82) is 0 Å². The molecule has 0 unspecified atom stereocenters. The fourth-order valence-electron chi connectivity index (χ4n) is 2.68. The van der Waals surface area contributed by atoms with Crippen LogP contribution in [-0.2, 0) is 11.2 Å². The third-order valence-corrected chi connectivity index (χ3v) is 4.74. The Kier molecular flexibility index (Phi) is 3.35. The lowest BCUT2D eigenvalue weighted by molar-refractivity contribution is -0.115. The van der Waals surface area contributed by atoms with Gasteiger partial charge in [0.25, 0.3) is 0 Å². The zero-order chi connectivity index (χ0) is 15.8. The number of ether oxygens (including phenoxy) is 1. The van der Waals surface area contributed by atoms with Gasteiger partial charge in [0.1, 0.15) is 10.8 Å². The molecule has 0 spiro atoms. The van der Waals surface area contributed by atoms with Crippen molar-refractivity contribution >= 4 is 22.9 Å². The minimum Gasteiger partial charge on any atom is -0.497 e. The maximum atomic E-state index is 11.5. The van der Waals surface area contributed by atoms with Crippen molar-refractivity contribution in [3.05, 3.63) is 53.4 Å². The van der Waals surface area contributed by atoms with E-state index in [1.807, 2.05) is 47.8 Å². The third kappa shape index (κ3) is 2.59. The fraction of sp³-hybridized carbons (Fsp3) is 0.111. The van der Waals surface area contributed by atoms with Crippen LogP contribution in [0.2, 0.25) is 0 Å². The fourth-order valence-corrected chi connectivity index (χ4v) is 3.51. The van der Waals surface area contributed by atoms with Crippen molar-refractivity contribution in [3.63, 3.8) is 0 Å². The first kappa shape index (κ1) is 14.0. The second-order valence-corrected chi connectivity index (χ2v) is 6.22. The molecule has 1 aliphatic rings. The molecular weight excluding hydrogens is 308 g/mol. The van der Waals surface area contributed by atoms with E-state index in [2.05, 4.69) is 5.32 Å². The van der Waals surface area contributed by atoms with Crippen LogP contribution in [0.15, 0.2) is 47.8 Å². The van der Waals surface area contributed by atoms with Gasteiger partial charge < -0.3 is 10.1 Å². The second kappa shape index (κ2) is 5.52. The molecule has 3 aromatic rings. The van der Waals surface area contributed by atoms with Gasteiger partial charge in [0.15, 0.2) is 0 Å². The molecule has 0 fully saturated rings. The number of hydrogen-bond acceptors (Lipinski definition) is 4. The van der Waals surface area contributed by atoms with Crippen LogP contribution in [0.1, 0.15) is 5.56 Å². The Balaban J connectivity index is 1.68. The smallest absolute Gasteiger partial charge is 0.228 e. The minimum atomic E-state index is 0.0486. The molecule has 1 aromatic heterocycles. The van der Waals surface area contributed by atoms with Gasteiger partial charge in [0, 0.05) is 22.2 Å². The summed E-state index contributed by atoms with van der Waals surface area (Å²) in [5.74, 6) is 0.869. The molecule has 23 heavy (non-hydrogen) atoms. The number of nitrogens with one attached hydrogen (secondary N) is 1. The van der Waals surface area contributed by atoms with Crippen LogP contribution in [0, 0.1) is 0 Å². The van der Waals surface area contributed by atoms with Gasteiger partial charge >= 0.3 is 0 Å². The van der Waals surface area contributed by atoms with E-state index in [1.54, 1.807) is 18.4 Å². The predicted octanol–water partition coefficient (Wildman–Crippen LogP) is 3.98. The standard InChI is InChI=1S/C18H14N2O2S/c1-22-14-4-2-3-12(8-14)18-20-16(10-23-18)11-5-6-15-13(7-11)9-17(21)19-15/h2-8,10H,9H2,1H3,(H,19,21). The van der Waals surface area contributed by atoms with Crippen LogP contribution in [-0.4, -0.2) is 18.0 Å². The number of aromatic nitrogens is 1. The summed E-state index contributed by atoms with van der Waals surface area (Å²) in [6, 6.07) is 13.9. The average Bonchev–Trinajstić information content (AvgIpc) is 3.19. The lowest BCUT2D eigenvalue weighted by atomic mass is 10.1. The van der Waals surface area contributed by atoms with Crippen molar-refractivity contribution in [2.45, 2.75) is 6.42 Å². The first-order chi connectivity index (χ1) is 11.2. The van der Waals surface area contributed by atoms with Gasteiger partial charge in [-0.2, -0.15) is 0 Å². The Morgan fingerprint density at radius 1 is 1.17 bits per heavy atom. The van der Waals surface area contributed by atoms with Crippen molar-refractivity contribution in [2.24, 2.45) is 0 Å². The quantitative estimate of drug-likeness (QED) is 0.793. The minimum absolute atomic E-state index is 0.0486. The highest BCUT2D eigenvalue weighted by Crippen LogP contribution is 2.33. The maximum absolute atomic E-state index is 11.5. The van der Waals surface area contributed by atoms with Gasteiger partial charge in [-0.3, -0.25) is 4.79 Å². The Morgan fingerprint density at radius 3 is 2.96 bits per heavy atom. The SMILES string of the molecule is COc1cccc(-c2nc(-c3ccc4c(c3)CC(=O)N4)cs2)c1. The molecule has 0 aliphatic carbocycles. The van der Waals surface area contributed by atoms with Gasteiger partial charge in [0.2, 0.25) is 5.91 Å². The Bertz CT molecular complexity index is 902. The molecule has 0 saturated carbocycles. The Morgan fingerprint density at radius 2 is 2.09 bits per heavy atom. The number of nitrogens with zero attached hydrogens (tertiary/aromatic N) is 1. The molecule has 2 aromatic carbocycles. The van der Waals surface area contributed by atoms with E-state index in [4.69, 9.17) is 9.72 Å². The van der Waals surface area contributed by atoms with Crippen LogP contribution >= 0.6 is 11.3 Å². The normalized spacial score (nSPS) is 12.8. The number of methoxy groups -OCH3 is 1. The number of carbonyl (C=O) groups is 1. The number of thiazole rings is 1. The number of rotatable bonds is 3. The molecule has 1 amide bonds. The van der Waals surface area contributed by atoms with Crippen LogP contribution in [0.3, 0.4) is 0 Å². The van der Waals surface area contributed by atoms with E-state index in [9.17, 15) is 4.79 Å². The molecule has 0 radical (unpaired) electrons. The van der Waals surface area contributed by atoms with Crippen molar-refractivity contribution in [2.75, 3.05) is 12.4 Å². The summed E-state index contributed by atoms with van der Waals surface area (Å²) in [4.78, 5) is 16.2. The highest BCUT2D eigenvalue weighted by atomic mass is 32.1. The summed E-state index contributed by atoms with van der Waals surface area (Å²) in [5.41, 5.74) is 4.93. The molecule has 1 N–H and O–H groups in total. The van der Waals surface area contributed by atoms with Crippen LogP contribution in [0.4, 0.5) is 5.69 Å². The Labute approximate surface area is 137 Å². The molecule has 4 nitrogen and oxygen atoms in total. The van der Waals surface area contributed by atoms with E-state index in [0.29, 0.717) is 6.42 Å². The van der Waals surface area contributed by atoms with Crippen LogP contribution < -0.4 is 10.1 Å². The largest absolute Gasteiger partial charge is 0.497 e. The van der Waals surface area contributed by atoms with Gasteiger partial charge in [-0.05, 0) is 29.8 Å². The van der Waals surface area contributed by atoms with Gasteiger partial charge in [0.05, 0.1) is 19.2 Å². The van der Waals surface area contributed by atoms with Crippen LogP contribution in [0.25, 0.3) is 21.8 Å². The molecule has 0 atom stereocenters. The molecule has 4 rings (SSSR count). The summed E-state index contributed by atoms with van der Waals surface area (Å²) < 4.78 is 5.27. The Hall–Kier alpha value is -2.66. The van der Waals surface area contributed by atoms with E-state index in [1.165, 1.54) is 0 Å². The first-order valence-corrected chi connectivity index (χ1v) is 8.14. The van der Waals surface area contributed by atoms with E-state index in [-0.39, 0.29) is 5.91 Å². The number of carbonyl (C=O) groups excluding carboxylic acids is 1. The summed E-state index contributed by atoms with van der Waals surface area (Å²) in [7, 11) is 1.66. The zero-order valence-corrected chi connectivity index (χ0v) is 13.3. The number of fused-ring (bicyclic) bond motifs is 1. The predicted molar refractivity (Wildman–Crippen MR) is 91.9 cm³/mol. The average molecular weight is 322 g/mol. The summed E-state index contributed by atoms with van der Waals surface area (Å²) in [5, 5.41) is 5.84. The van der Waals surface area contributed by atoms with Crippen LogP contribution in [0.5, 0.6) is 5.75 Å². The third-order valence-electron chi connectivity index (χ3n) is 3.85. The maximum Gasteiger partial charge on any atom is 0.228 e. The monoisotopic (exact) mass is 322 g/mol. The van der Waals surface area contributed by atoms with Gasteiger partial charge in [-0.25, -0.2) is 4.98 Å². The molecular formula is C18H14N2O2S. The summed E-state index contributed by atoms with van der Waals surface area (Å²) in [6.07, 6.45) is 0.441. The van der Waals surface area contributed by atoms with Gasteiger partial charge in [-0.15, -0.1) is 11.3 Å². The number of hydrogen-bond donors (Lipinski definition) is 1. The first-order valence-electron chi connectivity index (χ1n) is 7.26. The van der Waals surface area contributed by atoms with E-state index < -0.39 is 0 Å². The molecule has 0 bridgehead atoms. The lowest BCUT2D eigenvalue weighted by Gasteiger charge is -2.02. The molecule has 114 valence electrons. The highest BCUT2D eigenvalue weighted by molar-refractivity contribution is 7.13. The van der Waals surface area contributed by atoms with Crippen molar-refractivity contribution < 1.29 is 9.53 Å². The second-order valence-electron chi connectivity index (χ2n) is 5.37. The van der Waals surface area contributed by atoms with E-state index in [0.717, 1.165) is 38.8 Å². The number of anilines is 1.